The molecule has 0 unspecified atom stereocenters. The lowest BCUT2D eigenvalue weighted by Crippen LogP contribution is -2.26. The topological polar surface area (TPSA) is 41.6 Å². The summed E-state index contributed by atoms with van der Waals surface area (Å²) in [6.07, 6.45) is 0. The Morgan fingerprint density at radius 2 is 1.52 bits per heavy atom. The average molecular weight is 284 g/mol. The van der Waals surface area contributed by atoms with Crippen molar-refractivity contribution >= 4 is 11.6 Å². The van der Waals surface area contributed by atoms with Crippen molar-refractivity contribution in [3.63, 3.8) is 0 Å². The average Bonchev–Trinajstić information content (AvgIpc) is 2.42. The van der Waals surface area contributed by atoms with Gasteiger partial charge in [-0.3, -0.25) is 4.79 Å². The molecule has 0 bridgehead atoms. The maximum absolute atomic E-state index is 11.6. The molecule has 0 saturated carbocycles. The van der Waals surface area contributed by atoms with Crippen LogP contribution in [0.1, 0.15) is 5.56 Å². The third-order valence-electron chi connectivity index (χ3n) is 2.85. The zero-order valence-electron chi connectivity index (χ0n) is 12.6. The number of carbonyl (C=O) groups is 1. The van der Waals surface area contributed by atoms with Gasteiger partial charge in [0.25, 0.3) is 0 Å². The quantitative estimate of drug-likeness (QED) is 0.916. The molecule has 4 heteroatoms. The first kappa shape index (κ1) is 15.1. The van der Waals surface area contributed by atoms with Crippen molar-refractivity contribution in [3.05, 3.63) is 54.1 Å². The van der Waals surface area contributed by atoms with Crippen LogP contribution in [0.15, 0.2) is 48.5 Å². The number of anilines is 1. The molecule has 0 radical (unpaired) electrons. The van der Waals surface area contributed by atoms with Crippen LogP contribution in [0.2, 0.25) is 0 Å². The molecule has 0 saturated heterocycles. The Hall–Kier alpha value is -2.33. The normalized spacial score (nSPS) is 10.5. The van der Waals surface area contributed by atoms with Crippen molar-refractivity contribution in [3.8, 4) is 11.5 Å². The summed E-state index contributed by atoms with van der Waals surface area (Å²) in [5.74, 6) is 1.50. The molecule has 0 aliphatic carbocycles. The summed E-state index contributed by atoms with van der Waals surface area (Å²) in [6, 6.07) is 15.2. The van der Waals surface area contributed by atoms with Gasteiger partial charge in [-0.25, -0.2) is 0 Å². The lowest BCUT2D eigenvalue weighted by Gasteiger charge is -2.11. The minimum absolute atomic E-state index is 0.0350. The molecule has 4 nitrogen and oxygen atoms in total. The zero-order valence-corrected chi connectivity index (χ0v) is 12.6. The molecule has 2 rings (SSSR count). The molecular weight excluding hydrogens is 264 g/mol. The second kappa shape index (κ2) is 6.90. The van der Waals surface area contributed by atoms with Gasteiger partial charge in [0, 0.05) is 5.69 Å². The van der Waals surface area contributed by atoms with Gasteiger partial charge in [-0.1, -0.05) is 17.7 Å². The molecule has 0 aliphatic rings. The molecule has 0 atom stereocenters. The summed E-state index contributed by atoms with van der Waals surface area (Å²) in [5, 5.41) is 2.84. The lowest BCUT2D eigenvalue weighted by molar-refractivity contribution is -0.116. The van der Waals surface area contributed by atoms with Crippen LogP contribution in [0.5, 0.6) is 11.5 Å². The fraction of sp³-hybridized carbons (Fsp3) is 0.235. The Morgan fingerprint density at radius 1 is 1.00 bits per heavy atom. The van der Waals surface area contributed by atoms with Crippen molar-refractivity contribution in [2.45, 2.75) is 6.92 Å². The van der Waals surface area contributed by atoms with E-state index in [1.807, 2.05) is 74.4 Å². The predicted molar refractivity (Wildman–Crippen MR) is 84.9 cm³/mol. The summed E-state index contributed by atoms with van der Waals surface area (Å²) < 4.78 is 5.74. The number of amides is 1. The first-order chi connectivity index (χ1) is 10.0. The maximum atomic E-state index is 11.6. The van der Waals surface area contributed by atoms with Crippen LogP contribution in [0.4, 0.5) is 5.69 Å². The molecule has 0 aromatic heterocycles. The fourth-order valence-corrected chi connectivity index (χ4v) is 1.84. The fourth-order valence-electron chi connectivity index (χ4n) is 1.84. The summed E-state index contributed by atoms with van der Waals surface area (Å²) >= 11 is 0. The van der Waals surface area contributed by atoms with Crippen molar-refractivity contribution in [1.82, 2.24) is 4.90 Å². The molecule has 1 amide bonds. The third-order valence-corrected chi connectivity index (χ3v) is 2.85. The van der Waals surface area contributed by atoms with E-state index in [0.717, 1.165) is 17.2 Å². The Balaban J connectivity index is 1.95. The Bertz CT molecular complexity index is 589. The monoisotopic (exact) mass is 284 g/mol. The van der Waals surface area contributed by atoms with Gasteiger partial charge in [0.2, 0.25) is 5.91 Å². The molecule has 0 aliphatic heterocycles. The van der Waals surface area contributed by atoms with E-state index in [1.165, 1.54) is 5.56 Å². The first-order valence-electron chi connectivity index (χ1n) is 6.82. The second-order valence-corrected chi connectivity index (χ2v) is 5.23. The first-order valence-corrected chi connectivity index (χ1v) is 6.82. The van der Waals surface area contributed by atoms with E-state index in [1.54, 1.807) is 0 Å². The van der Waals surface area contributed by atoms with Gasteiger partial charge in [-0.05, 0) is 57.4 Å². The molecule has 1 N–H and O–H groups in total. The molecule has 2 aromatic carbocycles. The van der Waals surface area contributed by atoms with Crippen molar-refractivity contribution in [2.24, 2.45) is 0 Å². The van der Waals surface area contributed by atoms with Gasteiger partial charge in [0.1, 0.15) is 11.5 Å². The standard InChI is InChI=1S/C17H20N2O2/c1-13-4-8-15(9-5-13)21-16-10-6-14(7-11-16)18-17(20)12-19(2)3/h4-11H,12H2,1-3H3,(H,18,20). The molecule has 21 heavy (non-hydrogen) atoms. The van der Waals surface area contributed by atoms with Crippen LogP contribution in [-0.4, -0.2) is 31.4 Å². The molecule has 2 aromatic rings. The van der Waals surface area contributed by atoms with Crippen LogP contribution in [-0.2, 0) is 4.79 Å². The summed E-state index contributed by atoms with van der Waals surface area (Å²) in [6.45, 7) is 2.40. The van der Waals surface area contributed by atoms with E-state index in [4.69, 9.17) is 4.74 Å². The highest BCUT2D eigenvalue weighted by Gasteiger charge is 2.04. The highest BCUT2D eigenvalue weighted by molar-refractivity contribution is 5.92. The van der Waals surface area contributed by atoms with Gasteiger partial charge in [0.15, 0.2) is 0 Å². The summed E-state index contributed by atoms with van der Waals surface area (Å²) in [4.78, 5) is 13.5. The second-order valence-electron chi connectivity index (χ2n) is 5.23. The number of carbonyl (C=O) groups excluding carboxylic acids is 1. The molecule has 0 heterocycles. The van der Waals surface area contributed by atoms with Crippen molar-refractivity contribution < 1.29 is 9.53 Å². The number of rotatable bonds is 5. The zero-order chi connectivity index (χ0) is 15.2. The number of likely N-dealkylation sites (N-methyl/N-ethyl adjacent to an activating group) is 1. The largest absolute Gasteiger partial charge is 0.457 e. The Kier molecular flexibility index (Phi) is 4.95. The van der Waals surface area contributed by atoms with Crippen LogP contribution in [0, 0.1) is 6.92 Å². The minimum atomic E-state index is -0.0350. The van der Waals surface area contributed by atoms with Gasteiger partial charge >= 0.3 is 0 Å². The number of nitrogens with one attached hydrogen (secondary N) is 1. The number of hydrogen-bond acceptors (Lipinski definition) is 3. The molecular formula is C17H20N2O2. The van der Waals surface area contributed by atoms with Gasteiger partial charge in [-0.15, -0.1) is 0 Å². The number of aryl methyl sites for hydroxylation is 1. The number of ether oxygens (including phenoxy) is 1. The highest BCUT2D eigenvalue weighted by atomic mass is 16.5. The minimum Gasteiger partial charge on any atom is -0.457 e. The van der Waals surface area contributed by atoms with E-state index < -0.39 is 0 Å². The Labute approximate surface area is 125 Å². The van der Waals surface area contributed by atoms with Crippen molar-refractivity contribution in [2.75, 3.05) is 26.0 Å². The van der Waals surface area contributed by atoms with Gasteiger partial charge in [0.05, 0.1) is 6.54 Å². The SMILES string of the molecule is Cc1ccc(Oc2ccc(NC(=O)CN(C)C)cc2)cc1. The van der Waals surface area contributed by atoms with Crippen LogP contribution < -0.4 is 10.1 Å². The van der Waals surface area contributed by atoms with Crippen molar-refractivity contribution in [1.29, 1.82) is 0 Å². The van der Waals surface area contributed by atoms with Gasteiger partial charge in [-0.2, -0.15) is 0 Å². The van der Waals surface area contributed by atoms with Crippen LogP contribution in [0.3, 0.4) is 0 Å². The number of hydrogen-bond donors (Lipinski definition) is 1. The van der Waals surface area contributed by atoms with E-state index in [-0.39, 0.29) is 5.91 Å². The maximum Gasteiger partial charge on any atom is 0.238 e. The molecule has 0 fully saturated rings. The smallest absolute Gasteiger partial charge is 0.238 e. The molecule has 110 valence electrons. The Morgan fingerprint density at radius 3 is 2.05 bits per heavy atom. The lowest BCUT2D eigenvalue weighted by atomic mass is 10.2. The van der Waals surface area contributed by atoms with E-state index in [2.05, 4.69) is 5.32 Å². The van der Waals surface area contributed by atoms with E-state index >= 15 is 0 Å². The summed E-state index contributed by atoms with van der Waals surface area (Å²) in [7, 11) is 3.72. The summed E-state index contributed by atoms with van der Waals surface area (Å²) in [5.41, 5.74) is 1.96. The highest BCUT2D eigenvalue weighted by Crippen LogP contribution is 2.23. The van der Waals surface area contributed by atoms with E-state index in [0.29, 0.717) is 6.54 Å². The predicted octanol–water partition coefficient (Wildman–Crippen LogP) is 3.29. The third kappa shape index (κ3) is 4.93. The van der Waals surface area contributed by atoms with Crippen LogP contribution in [0.25, 0.3) is 0 Å². The van der Waals surface area contributed by atoms with Crippen LogP contribution >= 0.6 is 0 Å². The number of nitrogens with zero attached hydrogens (tertiary/aromatic N) is 1. The van der Waals surface area contributed by atoms with E-state index in [9.17, 15) is 4.79 Å². The molecule has 0 spiro atoms. The number of benzene rings is 2. The van der Waals surface area contributed by atoms with Gasteiger partial charge < -0.3 is 15.0 Å².